The Morgan fingerprint density at radius 2 is 1.65 bits per heavy atom. The highest BCUT2D eigenvalue weighted by Crippen LogP contribution is 2.22. The minimum Gasteiger partial charge on any atom is -0.368 e. The van der Waals surface area contributed by atoms with Gasteiger partial charge in [-0.15, -0.1) is 0 Å². The molecule has 4 rings (SSSR count). The van der Waals surface area contributed by atoms with Crippen LogP contribution in [0.2, 0.25) is 0 Å². The van der Waals surface area contributed by atoms with Crippen LogP contribution in [0.5, 0.6) is 0 Å². The van der Waals surface area contributed by atoms with Gasteiger partial charge in [-0.05, 0) is 48.9 Å². The van der Waals surface area contributed by atoms with E-state index in [1.807, 2.05) is 12.1 Å². The van der Waals surface area contributed by atoms with E-state index in [1.54, 1.807) is 0 Å². The smallest absolute Gasteiger partial charge is 0.203 e. The van der Waals surface area contributed by atoms with Gasteiger partial charge in [0.2, 0.25) is 5.95 Å². The highest BCUT2D eigenvalue weighted by molar-refractivity contribution is 5.78. The van der Waals surface area contributed by atoms with Crippen LogP contribution in [0, 0.1) is 12.7 Å². The molecule has 4 nitrogen and oxygen atoms in total. The van der Waals surface area contributed by atoms with E-state index in [0.717, 1.165) is 48.8 Å². The number of rotatable bonds is 2. The molecule has 2 heterocycles. The Morgan fingerprint density at radius 3 is 2.39 bits per heavy atom. The standard InChI is InChI=1S/C18H19FN4/c1-13-2-7-16-17(12-13)21-18(20-16)23-10-8-22(9-11-23)15-5-3-14(19)4-6-15/h2-7,12H,8-11H2,1H3,(H,20,21). The Morgan fingerprint density at radius 1 is 0.957 bits per heavy atom. The van der Waals surface area contributed by atoms with Crippen molar-refractivity contribution in [3.8, 4) is 0 Å². The summed E-state index contributed by atoms with van der Waals surface area (Å²) in [5, 5.41) is 0. The number of fused-ring (bicyclic) bond motifs is 1. The van der Waals surface area contributed by atoms with Crippen LogP contribution in [-0.4, -0.2) is 36.1 Å². The fourth-order valence-electron chi connectivity index (χ4n) is 3.09. The van der Waals surface area contributed by atoms with Crippen LogP contribution in [0.15, 0.2) is 42.5 Å². The maximum Gasteiger partial charge on any atom is 0.203 e. The van der Waals surface area contributed by atoms with E-state index in [9.17, 15) is 4.39 Å². The lowest BCUT2D eigenvalue weighted by molar-refractivity contribution is 0.623. The molecule has 1 aliphatic rings. The van der Waals surface area contributed by atoms with Gasteiger partial charge >= 0.3 is 0 Å². The molecular formula is C18H19FN4. The van der Waals surface area contributed by atoms with Gasteiger partial charge in [-0.1, -0.05) is 6.07 Å². The summed E-state index contributed by atoms with van der Waals surface area (Å²) in [5.74, 6) is 0.745. The van der Waals surface area contributed by atoms with Crippen LogP contribution < -0.4 is 9.80 Å². The fraction of sp³-hybridized carbons (Fsp3) is 0.278. The van der Waals surface area contributed by atoms with E-state index in [0.29, 0.717) is 0 Å². The highest BCUT2D eigenvalue weighted by atomic mass is 19.1. The van der Waals surface area contributed by atoms with Crippen molar-refractivity contribution in [3.05, 3.63) is 53.8 Å². The third-order valence-electron chi connectivity index (χ3n) is 4.40. The zero-order valence-corrected chi connectivity index (χ0v) is 13.1. The first kappa shape index (κ1) is 14.1. The molecule has 118 valence electrons. The lowest BCUT2D eigenvalue weighted by Gasteiger charge is -2.36. The Bertz CT molecular complexity index is 817. The molecular weight excluding hydrogens is 291 g/mol. The van der Waals surface area contributed by atoms with Gasteiger partial charge in [-0.25, -0.2) is 9.37 Å². The van der Waals surface area contributed by atoms with Crippen molar-refractivity contribution in [2.75, 3.05) is 36.0 Å². The van der Waals surface area contributed by atoms with E-state index < -0.39 is 0 Å². The van der Waals surface area contributed by atoms with Crippen molar-refractivity contribution < 1.29 is 4.39 Å². The van der Waals surface area contributed by atoms with Crippen molar-refractivity contribution in [3.63, 3.8) is 0 Å². The van der Waals surface area contributed by atoms with Gasteiger partial charge in [0.25, 0.3) is 0 Å². The summed E-state index contributed by atoms with van der Waals surface area (Å²) in [5.41, 5.74) is 4.40. The molecule has 2 aromatic carbocycles. The monoisotopic (exact) mass is 310 g/mol. The lowest BCUT2D eigenvalue weighted by Crippen LogP contribution is -2.46. The maximum atomic E-state index is 13.0. The number of halogens is 1. The number of benzene rings is 2. The zero-order valence-electron chi connectivity index (χ0n) is 13.1. The number of aryl methyl sites for hydroxylation is 1. The van der Waals surface area contributed by atoms with Crippen molar-refractivity contribution in [2.24, 2.45) is 0 Å². The third-order valence-corrected chi connectivity index (χ3v) is 4.40. The van der Waals surface area contributed by atoms with E-state index in [1.165, 1.54) is 17.7 Å². The van der Waals surface area contributed by atoms with Gasteiger partial charge in [-0.2, -0.15) is 0 Å². The summed E-state index contributed by atoms with van der Waals surface area (Å²) in [4.78, 5) is 12.7. The first-order chi connectivity index (χ1) is 11.2. The van der Waals surface area contributed by atoms with Gasteiger partial charge in [-0.3, -0.25) is 0 Å². The molecule has 0 radical (unpaired) electrons. The van der Waals surface area contributed by atoms with Crippen LogP contribution >= 0.6 is 0 Å². The largest absolute Gasteiger partial charge is 0.368 e. The minimum absolute atomic E-state index is 0.190. The first-order valence-corrected chi connectivity index (χ1v) is 7.91. The molecule has 1 aliphatic heterocycles. The number of aromatic nitrogens is 2. The number of hydrogen-bond acceptors (Lipinski definition) is 3. The molecule has 5 heteroatoms. The van der Waals surface area contributed by atoms with Crippen molar-refractivity contribution in [1.29, 1.82) is 0 Å². The van der Waals surface area contributed by atoms with Crippen molar-refractivity contribution in [2.45, 2.75) is 6.92 Å². The molecule has 0 bridgehead atoms. The van der Waals surface area contributed by atoms with Crippen LogP contribution in [0.4, 0.5) is 16.0 Å². The average Bonchev–Trinajstić information content (AvgIpc) is 2.99. The third kappa shape index (κ3) is 2.74. The van der Waals surface area contributed by atoms with Crippen LogP contribution in [0.1, 0.15) is 5.56 Å². The molecule has 1 saturated heterocycles. The SMILES string of the molecule is Cc1ccc2nc(N3CCN(c4ccc(F)cc4)CC3)[nH]c2c1. The molecule has 0 saturated carbocycles. The Hall–Kier alpha value is -2.56. The van der Waals surface area contributed by atoms with Crippen LogP contribution in [-0.2, 0) is 0 Å². The second-order valence-electron chi connectivity index (χ2n) is 6.03. The zero-order chi connectivity index (χ0) is 15.8. The van der Waals surface area contributed by atoms with Gasteiger partial charge < -0.3 is 14.8 Å². The number of hydrogen-bond donors (Lipinski definition) is 1. The molecule has 0 spiro atoms. The number of anilines is 2. The Balaban J connectivity index is 1.48. The number of imidazole rings is 1. The molecule has 3 aromatic rings. The van der Waals surface area contributed by atoms with Crippen LogP contribution in [0.3, 0.4) is 0 Å². The molecule has 23 heavy (non-hydrogen) atoms. The molecule has 0 unspecified atom stereocenters. The van der Waals surface area contributed by atoms with E-state index in [2.05, 4.69) is 44.9 Å². The summed E-state index contributed by atoms with van der Waals surface area (Å²) < 4.78 is 13.0. The quantitative estimate of drug-likeness (QED) is 0.788. The summed E-state index contributed by atoms with van der Waals surface area (Å²) in [6, 6.07) is 13.0. The predicted octanol–water partition coefficient (Wildman–Crippen LogP) is 3.34. The molecule has 1 aromatic heterocycles. The average molecular weight is 310 g/mol. The number of nitrogens with one attached hydrogen (secondary N) is 1. The van der Waals surface area contributed by atoms with Gasteiger partial charge in [0, 0.05) is 31.9 Å². The summed E-state index contributed by atoms with van der Waals surface area (Å²) in [7, 11) is 0. The second-order valence-corrected chi connectivity index (χ2v) is 6.03. The number of aromatic amines is 1. The summed E-state index contributed by atoms with van der Waals surface area (Å²) >= 11 is 0. The Labute approximate surface area is 134 Å². The highest BCUT2D eigenvalue weighted by Gasteiger charge is 2.19. The maximum absolute atomic E-state index is 13.0. The Kier molecular flexibility index (Phi) is 3.41. The minimum atomic E-state index is -0.190. The summed E-state index contributed by atoms with van der Waals surface area (Å²) in [6.07, 6.45) is 0. The van der Waals surface area contributed by atoms with Crippen molar-refractivity contribution >= 4 is 22.7 Å². The van der Waals surface area contributed by atoms with Crippen LogP contribution in [0.25, 0.3) is 11.0 Å². The number of nitrogens with zero attached hydrogens (tertiary/aromatic N) is 3. The van der Waals surface area contributed by atoms with E-state index >= 15 is 0 Å². The van der Waals surface area contributed by atoms with E-state index in [-0.39, 0.29) is 5.82 Å². The van der Waals surface area contributed by atoms with Gasteiger partial charge in [0.1, 0.15) is 5.82 Å². The molecule has 1 N–H and O–H groups in total. The predicted molar refractivity (Wildman–Crippen MR) is 91.7 cm³/mol. The van der Waals surface area contributed by atoms with Gasteiger partial charge in [0.15, 0.2) is 0 Å². The second kappa shape index (κ2) is 5.57. The summed E-state index contributed by atoms with van der Waals surface area (Å²) in [6.45, 7) is 5.69. The lowest BCUT2D eigenvalue weighted by atomic mass is 10.2. The van der Waals surface area contributed by atoms with Crippen molar-refractivity contribution in [1.82, 2.24) is 9.97 Å². The molecule has 1 fully saturated rings. The number of piperazine rings is 1. The first-order valence-electron chi connectivity index (χ1n) is 7.91. The number of H-pyrrole nitrogens is 1. The van der Waals surface area contributed by atoms with Gasteiger partial charge in [0.05, 0.1) is 11.0 Å². The topological polar surface area (TPSA) is 35.2 Å². The fourth-order valence-corrected chi connectivity index (χ4v) is 3.09. The molecule has 0 aliphatic carbocycles. The molecule has 0 amide bonds. The normalized spacial score (nSPS) is 15.4. The molecule has 0 atom stereocenters. The van der Waals surface area contributed by atoms with E-state index in [4.69, 9.17) is 0 Å².